The van der Waals surface area contributed by atoms with E-state index >= 15 is 0 Å². The van der Waals surface area contributed by atoms with Gasteiger partial charge >= 0.3 is 0 Å². The Morgan fingerprint density at radius 2 is 1.88 bits per heavy atom. The number of para-hydroxylation sites is 1. The number of amides is 1. The first-order valence-electron chi connectivity index (χ1n) is 9.96. The molecule has 0 saturated heterocycles. The Morgan fingerprint density at radius 1 is 1.09 bits per heavy atom. The molecule has 0 radical (unpaired) electrons. The van der Waals surface area contributed by atoms with Gasteiger partial charge in [0.25, 0.3) is 5.91 Å². The standard InChI is InChI=1S/C23H23N5O3S/c1-14-21(22(29)24-13-16-12-18(30-3)10-11-19(16)31-4)32-23(25-14)20-15(2)28(27-26-20)17-8-6-5-7-9-17/h5-12H,13H2,1-4H3,(H,24,29). The fourth-order valence-corrected chi connectivity index (χ4v) is 4.34. The van der Waals surface area contributed by atoms with Crippen LogP contribution in [0.25, 0.3) is 16.4 Å². The zero-order valence-electron chi connectivity index (χ0n) is 18.2. The second-order valence-corrected chi connectivity index (χ2v) is 8.06. The van der Waals surface area contributed by atoms with Gasteiger partial charge in [0.15, 0.2) is 0 Å². The molecule has 0 bridgehead atoms. The van der Waals surface area contributed by atoms with Crippen LogP contribution in [0.2, 0.25) is 0 Å². The van der Waals surface area contributed by atoms with E-state index in [0.717, 1.165) is 16.9 Å². The zero-order chi connectivity index (χ0) is 22.7. The van der Waals surface area contributed by atoms with Crippen LogP contribution in [0.4, 0.5) is 0 Å². The Morgan fingerprint density at radius 3 is 2.59 bits per heavy atom. The van der Waals surface area contributed by atoms with Crippen LogP contribution in [-0.4, -0.2) is 40.1 Å². The van der Waals surface area contributed by atoms with Crippen molar-refractivity contribution >= 4 is 17.2 Å². The number of hydrogen-bond acceptors (Lipinski definition) is 7. The van der Waals surface area contributed by atoms with Crippen LogP contribution in [-0.2, 0) is 6.54 Å². The number of thiazole rings is 1. The van der Waals surface area contributed by atoms with Crippen molar-refractivity contribution in [2.45, 2.75) is 20.4 Å². The molecule has 4 aromatic rings. The molecule has 0 aliphatic carbocycles. The zero-order valence-corrected chi connectivity index (χ0v) is 19.1. The average molecular weight is 450 g/mol. The normalized spacial score (nSPS) is 10.8. The molecule has 4 rings (SSSR count). The third kappa shape index (κ3) is 4.19. The highest BCUT2D eigenvalue weighted by atomic mass is 32.1. The van der Waals surface area contributed by atoms with Crippen molar-refractivity contribution in [1.82, 2.24) is 25.3 Å². The first-order chi connectivity index (χ1) is 15.5. The first-order valence-corrected chi connectivity index (χ1v) is 10.8. The second-order valence-electron chi connectivity index (χ2n) is 7.06. The van der Waals surface area contributed by atoms with Gasteiger partial charge < -0.3 is 14.8 Å². The van der Waals surface area contributed by atoms with Gasteiger partial charge in [-0.2, -0.15) is 0 Å². The summed E-state index contributed by atoms with van der Waals surface area (Å²) < 4.78 is 12.4. The van der Waals surface area contributed by atoms with E-state index in [2.05, 4.69) is 20.6 Å². The number of aryl methyl sites for hydroxylation is 1. The number of nitrogens with one attached hydrogen (secondary N) is 1. The largest absolute Gasteiger partial charge is 0.497 e. The van der Waals surface area contributed by atoms with Gasteiger partial charge in [0.1, 0.15) is 27.1 Å². The van der Waals surface area contributed by atoms with Gasteiger partial charge in [-0.25, -0.2) is 9.67 Å². The monoisotopic (exact) mass is 449 g/mol. The van der Waals surface area contributed by atoms with Crippen molar-refractivity contribution < 1.29 is 14.3 Å². The molecule has 2 heterocycles. The quantitative estimate of drug-likeness (QED) is 0.459. The van der Waals surface area contributed by atoms with Crippen LogP contribution in [0, 0.1) is 13.8 Å². The number of carbonyl (C=O) groups excluding carboxylic acids is 1. The number of benzene rings is 2. The predicted octanol–water partition coefficient (Wildman–Crippen LogP) is 3.95. The minimum absolute atomic E-state index is 0.204. The molecule has 1 N–H and O–H groups in total. The molecular weight excluding hydrogens is 426 g/mol. The van der Waals surface area contributed by atoms with Crippen molar-refractivity contribution in [3.05, 3.63) is 70.4 Å². The number of hydrogen-bond donors (Lipinski definition) is 1. The SMILES string of the molecule is COc1ccc(OC)c(CNC(=O)c2sc(-c3nnn(-c4ccccc4)c3C)nc2C)c1. The van der Waals surface area contributed by atoms with Gasteiger partial charge in [-0.3, -0.25) is 4.79 Å². The van der Waals surface area contributed by atoms with Crippen molar-refractivity contribution in [2.24, 2.45) is 0 Å². The maximum Gasteiger partial charge on any atom is 0.263 e. The van der Waals surface area contributed by atoms with E-state index in [4.69, 9.17) is 9.47 Å². The Balaban J connectivity index is 1.55. The Hall–Kier alpha value is -3.72. The minimum Gasteiger partial charge on any atom is -0.497 e. The third-order valence-electron chi connectivity index (χ3n) is 5.03. The molecule has 8 nitrogen and oxygen atoms in total. The number of rotatable bonds is 7. The van der Waals surface area contributed by atoms with Crippen LogP contribution in [0.15, 0.2) is 48.5 Å². The smallest absolute Gasteiger partial charge is 0.263 e. The topological polar surface area (TPSA) is 91.2 Å². The Kier molecular flexibility index (Phi) is 6.18. The van der Waals surface area contributed by atoms with Crippen LogP contribution in [0.3, 0.4) is 0 Å². The maximum atomic E-state index is 12.9. The van der Waals surface area contributed by atoms with Crippen molar-refractivity contribution in [1.29, 1.82) is 0 Å². The minimum atomic E-state index is -0.204. The van der Waals surface area contributed by atoms with Gasteiger partial charge in [-0.1, -0.05) is 23.4 Å². The molecule has 2 aromatic heterocycles. The molecule has 0 fully saturated rings. The number of carbonyl (C=O) groups is 1. The molecule has 0 spiro atoms. The highest BCUT2D eigenvalue weighted by molar-refractivity contribution is 7.17. The van der Waals surface area contributed by atoms with Crippen LogP contribution in [0.1, 0.15) is 26.6 Å². The Labute approximate surface area is 189 Å². The van der Waals surface area contributed by atoms with Gasteiger partial charge in [0, 0.05) is 12.1 Å². The summed E-state index contributed by atoms with van der Waals surface area (Å²) in [5, 5.41) is 12.2. The molecule has 2 aromatic carbocycles. The lowest BCUT2D eigenvalue weighted by Gasteiger charge is -2.11. The lowest BCUT2D eigenvalue weighted by atomic mass is 10.2. The summed E-state index contributed by atoms with van der Waals surface area (Å²) in [6.07, 6.45) is 0. The molecule has 1 amide bonds. The Bertz CT molecular complexity index is 1250. The number of ether oxygens (including phenoxy) is 2. The van der Waals surface area contributed by atoms with Crippen LogP contribution in [0.5, 0.6) is 11.5 Å². The summed E-state index contributed by atoms with van der Waals surface area (Å²) in [7, 11) is 3.19. The van der Waals surface area contributed by atoms with E-state index in [-0.39, 0.29) is 5.91 Å². The van der Waals surface area contributed by atoms with E-state index in [9.17, 15) is 4.79 Å². The summed E-state index contributed by atoms with van der Waals surface area (Å²) in [4.78, 5) is 18.0. The molecule has 0 unspecified atom stereocenters. The molecule has 0 saturated carbocycles. The molecule has 9 heteroatoms. The van der Waals surface area contributed by atoms with E-state index in [0.29, 0.717) is 39.3 Å². The maximum absolute atomic E-state index is 12.9. The number of aromatic nitrogens is 4. The van der Waals surface area contributed by atoms with Gasteiger partial charge in [-0.15, -0.1) is 16.4 Å². The van der Waals surface area contributed by atoms with E-state index < -0.39 is 0 Å². The summed E-state index contributed by atoms with van der Waals surface area (Å²) in [5.41, 5.74) is 3.91. The molecular formula is C23H23N5O3S. The summed E-state index contributed by atoms with van der Waals surface area (Å²) in [6, 6.07) is 15.2. The summed E-state index contributed by atoms with van der Waals surface area (Å²) in [6.45, 7) is 4.06. The molecule has 0 aliphatic rings. The predicted molar refractivity (Wildman–Crippen MR) is 123 cm³/mol. The molecule has 0 atom stereocenters. The van der Waals surface area contributed by atoms with Crippen LogP contribution >= 0.6 is 11.3 Å². The van der Waals surface area contributed by atoms with Gasteiger partial charge in [0.2, 0.25) is 0 Å². The van der Waals surface area contributed by atoms with E-state index in [1.807, 2.05) is 62.4 Å². The fraction of sp³-hybridized carbons (Fsp3) is 0.217. The molecule has 32 heavy (non-hydrogen) atoms. The van der Waals surface area contributed by atoms with Crippen molar-refractivity contribution in [3.8, 4) is 27.9 Å². The highest BCUT2D eigenvalue weighted by Gasteiger charge is 2.21. The second kappa shape index (κ2) is 9.19. The molecule has 164 valence electrons. The van der Waals surface area contributed by atoms with E-state index in [1.165, 1.54) is 11.3 Å². The molecule has 0 aliphatic heterocycles. The van der Waals surface area contributed by atoms with Gasteiger partial charge in [0.05, 0.1) is 31.3 Å². The lowest BCUT2D eigenvalue weighted by molar-refractivity contribution is 0.0954. The summed E-state index contributed by atoms with van der Waals surface area (Å²) >= 11 is 1.30. The average Bonchev–Trinajstić information content (AvgIpc) is 3.40. The number of nitrogens with zero attached hydrogens (tertiary/aromatic N) is 4. The number of methoxy groups -OCH3 is 2. The fourth-order valence-electron chi connectivity index (χ4n) is 3.33. The summed E-state index contributed by atoms with van der Waals surface area (Å²) in [5.74, 6) is 1.17. The highest BCUT2D eigenvalue weighted by Crippen LogP contribution is 2.30. The van der Waals surface area contributed by atoms with E-state index in [1.54, 1.807) is 18.9 Å². The third-order valence-corrected chi connectivity index (χ3v) is 6.19. The van der Waals surface area contributed by atoms with Crippen molar-refractivity contribution in [3.63, 3.8) is 0 Å². The van der Waals surface area contributed by atoms with Crippen LogP contribution < -0.4 is 14.8 Å². The van der Waals surface area contributed by atoms with Gasteiger partial charge in [-0.05, 0) is 44.2 Å². The first kappa shape index (κ1) is 21.5. The lowest BCUT2D eigenvalue weighted by Crippen LogP contribution is -2.22. The van der Waals surface area contributed by atoms with Crippen molar-refractivity contribution in [2.75, 3.05) is 14.2 Å².